The lowest BCUT2D eigenvalue weighted by Gasteiger charge is -2.15. The Morgan fingerprint density at radius 3 is 2.57 bits per heavy atom. The zero-order valence-corrected chi connectivity index (χ0v) is 12.2. The summed E-state index contributed by atoms with van der Waals surface area (Å²) in [5.74, 6) is -0.450. The number of hydrogen-bond donors (Lipinski definition) is 2. The van der Waals surface area contributed by atoms with E-state index in [1.807, 2.05) is 26.0 Å². The third-order valence-electron chi connectivity index (χ3n) is 3.40. The maximum absolute atomic E-state index is 12.9. The molecule has 0 bridgehead atoms. The van der Waals surface area contributed by atoms with Crippen molar-refractivity contribution in [2.45, 2.75) is 26.3 Å². The van der Waals surface area contributed by atoms with E-state index in [9.17, 15) is 9.18 Å². The topological polar surface area (TPSA) is 55.1 Å². The molecule has 0 fully saturated rings. The first kappa shape index (κ1) is 15.0. The lowest BCUT2D eigenvalue weighted by molar-refractivity contribution is 0.0941. The predicted molar refractivity (Wildman–Crippen MR) is 82.6 cm³/mol. The Bertz CT molecular complexity index is 638. The van der Waals surface area contributed by atoms with Crippen molar-refractivity contribution >= 4 is 11.6 Å². The molecule has 3 nitrogen and oxygen atoms in total. The molecule has 0 heterocycles. The highest BCUT2D eigenvalue weighted by Crippen LogP contribution is 2.16. The second-order valence-corrected chi connectivity index (χ2v) is 5.24. The van der Waals surface area contributed by atoms with E-state index >= 15 is 0 Å². The first-order valence-electron chi connectivity index (χ1n) is 6.87. The minimum Gasteiger partial charge on any atom is -0.398 e. The summed E-state index contributed by atoms with van der Waals surface area (Å²) in [6, 6.07) is 11.6. The molecule has 0 aliphatic rings. The quantitative estimate of drug-likeness (QED) is 0.849. The van der Waals surface area contributed by atoms with Crippen LogP contribution in [0.4, 0.5) is 10.1 Å². The smallest absolute Gasteiger partial charge is 0.253 e. The first-order valence-corrected chi connectivity index (χ1v) is 6.87. The van der Waals surface area contributed by atoms with Crippen molar-refractivity contribution in [2.75, 3.05) is 5.73 Å². The van der Waals surface area contributed by atoms with Crippen molar-refractivity contribution in [3.05, 3.63) is 65.0 Å². The summed E-state index contributed by atoms with van der Waals surface area (Å²) in [6.07, 6.45) is 0.637. The molecule has 1 atom stereocenters. The van der Waals surface area contributed by atoms with E-state index in [1.54, 1.807) is 18.2 Å². The number of nitrogen functional groups attached to an aromatic ring is 1. The molecule has 0 spiro atoms. The number of anilines is 1. The number of hydrogen-bond acceptors (Lipinski definition) is 2. The fourth-order valence-corrected chi connectivity index (χ4v) is 2.21. The van der Waals surface area contributed by atoms with Crippen molar-refractivity contribution in [3.8, 4) is 0 Å². The lowest BCUT2D eigenvalue weighted by Crippen LogP contribution is -2.34. The van der Waals surface area contributed by atoms with Crippen LogP contribution in [0, 0.1) is 12.7 Å². The minimum absolute atomic E-state index is 0.0668. The Balaban J connectivity index is 2.02. The molecule has 0 saturated heterocycles. The molecule has 0 aliphatic carbocycles. The largest absolute Gasteiger partial charge is 0.398 e. The number of carbonyl (C=O) groups excluding carboxylic acids is 1. The number of nitrogens with one attached hydrogen (secondary N) is 1. The molecule has 2 rings (SSSR count). The van der Waals surface area contributed by atoms with E-state index in [0.717, 1.165) is 11.1 Å². The Morgan fingerprint density at radius 1 is 1.24 bits per heavy atom. The fraction of sp³-hybridized carbons (Fsp3) is 0.235. The molecule has 0 aliphatic heterocycles. The van der Waals surface area contributed by atoms with Gasteiger partial charge in [0.15, 0.2) is 0 Å². The highest BCUT2D eigenvalue weighted by molar-refractivity contribution is 5.99. The number of para-hydroxylation sites is 1. The van der Waals surface area contributed by atoms with Gasteiger partial charge < -0.3 is 11.1 Å². The van der Waals surface area contributed by atoms with Crippen molar-refractivity contribution in [3.63, 3.8) is 0 Å². The molecular formula is C17H19FN2O. The van der Waals surface area contributed by atoms with Crippen LogP contribution in [0.3, 0.4) is 0 Å². The number of amides is 1. The Morgan fingerprint density at radius 2 is 1.90 bits per heavy atom. The molecule has 0 aromatic heterocycles. The summed E-state index contributed by atoms with van der Waals surface area (Å²) < 4.78 is 12.9. The van der Waals surface area contributed by atoms with Crippen molar-refractivity contribution < 1.29 is 9.18 Å². The fourth-order valence-electron chi connectivity index (χ4n) is 2.21. The normalized spacial score (nSPS) is 12.0. The summed E-state index contributed by atoms with van der Waals surface area (Å²) in [5.41, 5.74) is 8.77. The molecule has 1 amide bonds. The number of rotatable bonds is 4. The van der Waals surface area contributed by atoms with Crippen LogP contribution in [0.1, 0.15) is 28.4 Å². The number of carbonyl (C=O) groups is 1. The van der Waals surface area contributed by atoms with Crippen LogP contribution < -0.4 is 11.1 Å². The van der Waals surface area contributed by atoms with Gasteiger partial charge in [0.2, 0.25) is 0 Å². The highest BCUT2D eigenvalue weighted by atomic mass is 19.1. The van der Waals surface area contributed by atoms with E-state index < -0.39 is 0 Å². The van der Waals surface area contributed by atoms with Crippen LogP contribution >= 0.6 is 0 Å². The van der Waals surface area contributed by atoms with Crippen LogP contribution in [0.5, 0.6) is 0 Å². The van der Waals surface area contributed by atoms with Crippen LogP contribution in [-0.2, 0) is 6.42 Å². The van der Waals surface area contributed by atoms with E-state index in [1.165, 1.54) is 12.1 Å². The molecule has 2 aromatic carbocycles. The summed E-state index contributed by atoms with van der Waals surface area (Å²) in [7, 11) is 0. The van der Waals surface area contributed by atoms with Gasteiger partial charge in [-0.25, -0.2) is 4.39 Å². The standard InChI is InChI=1S/C17H19FN2O/c1-11-4-3-5-15(16(11)19)17(21)20-12(2)10-13-6-8-14(18)9-7-13/h3-9,12H,10,19H2,1-2H3,(H,20,21). The van der Waals surface area contributed by atoms with E-state index in [-0.39, 0.29) is 17.8 Å². The maximum atomic E-state index is 12.9. The Hall–Kier alpha value is -2.36. The molecule has 2 aromatic rings. The van der Waals surface area contributed by atoms with Crippen LogP contribution in [0.15, 0.2) is 42.5 Å². The first-order chi connectivity index (χ1) is 9.97. The van der Waals surface area contributed by atoms with Gasteiger partial charge in [-0.3, -0.25) is 4.79 Å². The SMILES string of the molecule is Cc1cccc(C(=O)NC(C)Cc2ccc(F)cc2)c1N. The number of benzene rings is 2. The summed E-state index contributed by atoms with van der Waals surface area (Å²) in [6.45, 7) is 3.78. The maximum Gasteiger partial charge on any atom is 0.253 e. The summed E-state index contributed by atoms with van der Waals surface area (Å²) in [4.78, 5) is 12.2. The molecule has 0 radical (unpaired) electrons. The monoisotopic (exact) mass is 286 g/mol. The van der Waals surface area contributed by atoms with Gasteiger partial charge in [-0.2, -0.15) is 0 Å². The molecule has 110 valence electrons. The summed E-state index contributed by atoms with van der Waals surface area (Å²) >= 11 is 0. The van der Waals surface area contributed by atoms with Gasteiger partial charge in [0, 0.05) is 11.7 Å². The van der Waals surface area contributed by atoms with Gasteiger partial charge in [0.25, 0.3) is 5.91 Å². The minimum atomic E-state index is -0.261. The number of aryl methyl sites for hydroxylation is 1. The molecular weight excluding hydrogens is 267 g/mol. The van der Waals surface area contributed by atoms with Crippen LogP contribution in [0.2, 0.25) is 0 Å². The average molecular weight is 286 g/mol. The third-order valence-corrected chi connectivity index (χ3v) is 3.40. The van der Waals surface area contributed by atoms with E-state index in [0.29, 0.717) is 17.7 Å². The van der Waals surface area contributed by atoms with Gasteiger partial charge in [0.05, 0.1) is 5.56 Å². The average Bonchev–Trinajstić information content (AvgIpc) is 2.44. The van der Waals surface area contributed by atoms with Crippen molar-refractivity contribution in [1.82, 2.24) is 5.32 Å². The predicted octanol–water partition coefficient (Wildman–Crippen LogP) is 3.08. The van der Waals surface area contributed by atoms with Gasteiger partial charge in [0.1, 0.15) is 5.82 Å². The number of nitrogens with two attached hydrogens (primary N) is 1. The second-order valence-electron chi connectivity index (χ2n) is 5.24. The Labute approximate surface area is 124 Å². The zero-order chi connectivity index (χ0) is 15.4. The molecule has 4 heteroatoms. The van der Waals surface area contributed by atoms with Gasteiger partial charge in [-0.05, 0) is 49.6 Å². The Kier molecular flexibility index (Phi) is 4.58. The lowest BCUT2D eigenvalue weighted by atomic mass is 10.1. The van der Waals surface area contributed by atoms with Gasteiger partial charge >= 0.3 is 0 Å². The molecule has 21 heavy (non-hydrogen) atoms. The number of halogens is 1. The molecule has 1 unspecified atom stereocenters. The van der Waals surface area contributed by atoms with Crippen molar-refractivity contribution in [2.24, 2.45) is 0 Å². The summed E-state index contributed by atoms with van der Waals surface area (Å²) in [5, 5.41) is 2.91. The van der Waals surface area contributed by atoms with E-state index in [4.69, 9.17) is 5.73 Å². The zero-order valence-electron chi connectivity index (χ0n) is 12.2. The highest BCUT2D eigenvalue weighted by Gasteiger charge is 2.13. The van der Waals surface area contributed by atoms with E-state index in [2.05, 4.69) is 5.32 Å². The van der Waals surface area contributed by atoms with Gasteiger partial charge in [-0.15, -0.1) is 0 Å². The van der Waals surface area contributed by atoms with Crippen molar-refractivity contribution in [1.29, 1.82) is 0 Å². The van der Waals surface area contributed by atoms with Crippen LogP contribution in [-0.4, -0.2) is 11.9 Å². The molecule has 0 saturated carbocycles. The molecule has 3 N–H and O–H groups in total. The second kappa shape index (κ2) is 6.39. The van der Waals surface area contributed by atoms with Gasteiger partial charge in [-0.1, -0.05) is 24.3 Å². The third kappa shape index (κ3) is 3.81. The van der Waals surface area contributed by atoms with Crippen LogP contribution in [0.25, 0.3) is 0 Å².